The molecule has 0 aromatic heterocycles. The molecule has 0 aliphatic heterocycles. The molecule has 0 spiro atoms. The Balaban J connectivity index is 2.49. The van der Waals surface area contributed by atoms with Crippen LogP contribution in [0.25, 0.3) is 0 Å². The summed E-state index contributed by atoms with van der Waals surface area (Å²) in [6, 6.07) is 1.30. The highest BCUT2D eigenvalue weighted by atomic mass is 19.1. The lowest BCUT2D eigenvalue weighted by Gasteiger charge is -2.20. The molecule has 0 radical (unpaired) electrons. The molecule has 0 fully saturated rings. The second-order valence-electron chi connectivity index (χ2n) is 4.65. The minimum Gasteiger partial charge on any atom is -0.496 e. The Labute approximate surface area is 116 Å². The zero-order chi connectivity index (χ0) is 14.7. The van der Waals surface area contributed by atoms with Gasteiger partial charge >= 0.3 is 5.97 Å². The van der Waals surface area contributed by atoms with Crippen molar-refractivity contribution in [3.63, 3.8) is 0 Å². The van der Waals surface area contributed by atoms with Crippen molar-refractivity contribution in [3.05, 3.63) is 28.6 Å². The second kappa shape index (κ2) is 6.03. The van der Waals surface area contributed by atoms with E-state index < -0.39 is 17.6 Å². The normalized spacial score (nSPS) is 13.6. The van der Waals surface area contributed by atoms with E-state index in [2.05, 4.69) is 4.74 Å². The van der Waals surface area contributed by atoms with Crippen LogP contribution in [0, 0.1) is 5.82 Å². The van der Waals surface area contributed by atoms with Gasteiger partial charge < -0.3 is 9.47 Å². The lowest BCUT2D eigenvalue weighted by molar-refractivity contribution is -0.137. The van der Waals surface area contributed by atoms with E-state index in [1.807, 2.05) is 0 Å². The molecule has 2 rings (SSSR count). The summed E-state index contributed by atoms with van der Waals surface area (Å²) in [4.78, 5) is 23.4. The summed E-state index contributed by atoms with van der Waals surface area (Å²) in [7, 11) is 1.47. The van der Waals surface area contributed by atoms with Gasteiger partial charge in [-0.3, -0.25) is 4.79 Å². The number of carbonyl (C=O) groups excluding carboxylic acids is 2. The predicted octanol–water partition coefficient (Wildman–Crippen LogP) is 2.46. The summed E-state index contributed by atoms with van der Waals surface area (Å²) in [6.07, 6.45) is 3.11. The largest absolute Gasteiger partial charge is 0.496 e. The third kappa shape index (κ3) is 2.53. The molecule has 0 heterocycles. The molecule has 1 aromatic rings. The Morgan fingerprint density at radius 3 is 2.50 bits per heavy atom. The van der Waals surface area contributed by atoms with Crippen molar-refractivity contribution in [1.82, 2.24) is 0 Å². The Bertz CT molecular complexity index is 551. The van der Waals surface area contributed by atoms with Crippen molar-refractivity contribution in [1.29, 1.82) is 0 Å². The Morgan fingerprint density at radius 2 is 1.90 bits per heavy atom. The van der Waals surface area contributed by atoms with E-state index in [9.17, 15) is 14.0 Å². The van der Waals surface area contributed by atoms with Gasteiger partial charge in [0.15, 0.2) is 0 Å². The van der Waals surface area contributed by atoms with Gasteiger partial charge in [0.05, 0.1) is 19.3 Å². The van der Waals surface area contributed by atoms with Crippen LogP contribution in [0.3, 0.4) is 0 Å². The number of rotatable bonds is 4. The van der Waals surface area contributed by atoms with E-state index in [-0.39, 0.29) is 12.2 Å². The van der Waals surface area contributed by atoms with E-state index in [4.69, 9.17) is 4.74 Å². The first-order valence-electron chi connectivity index (χ1n) is 6.69. The molecule has 1 aromatic carbocycles. The number of hydrogen-bond acceptors (Lipinski definition) is 4. The van der Waals surface area contributed by atoms with Gasteiger partial charge in [0.2, 0.25) is 0 Å². The van der Waals surface area contributed by atoms with Crippen LogP contribution in [-0.2, 0) is 22.4 Å². The highest BCUT2D eigenvalue weighted by molar-refractivity contribution is 6.40. The molecule has 0 N–H and O–H groups in total. The number of ketones is 1. The monoisotopic (exact) mass is 280 g/mol. The van der Waals surface area contributed by atoms with Gasteiger partial charge in [0, 0.05) is 5.56 Å². The highest BCUT2D eigenvalue weighted by Gasteiger charge is 2.28. The van der Waals surface area contributed by atoms with Gasteiger partial charge in [-0.05, 0) is 44.2 Å². The molecular formula is C15H17FO4. The predicted molar refractivity (Wildman–Crippen MR) is 70.6 cm³/mol. The van der Waals surface area contributed by atoms with Crippen LogP contribution in [0.1, 0.15) is 41.3 Å². The minimum absolute atomic E-state index is 0.0776. The SMILES string of the molecule is CCOC(=O)C(=O)c1cc(OC)c2c(c1F)CCCC2. The fraction of sp³-hybridized carbons (Fsp3) is 0.467. The Kier molecular flexibility index (Phi) is 4.37. The van der Waals surface area contributed by atoms with Crippen molar-refractivity contribution in [2.45, 2.75) is 32.6 Å². The van der Waals surface area contributed by atoms with Gasteiger partial charge in [0.1, 0.15) is 11.6 Å². The van der Waals surface area contributed by atoms with E-state index in [1.54, 1.807) is 6.92 Å². The molecule has 0 atom stereocenters. The highest BCUT2D eigenvalue weighted by Crippen LogP contribution is 2.34. The number of Topliss-reactive ketones (excluding diaryl/α,β-unsaturated/α-hetero) is 1. The maximum Gasteiger partial charge on any atom is 0.379 e. The number of halogens is 1. The second-order valence-corrected chi connectivity index (χ2v) is 4.65. The van der Waals surface area contributed by atoms with Crippen LogP contribution in [0.2, 0.25) is 0 Å². The van der Waals surface area contributed by atoms with Gasteiger partial charge in [-0.1, -0.05) is 0 Å². The topological polar surface area (TPSA) is 52.6 Å². The summed E-state index contributed by atoms with van der Waals surface area (Å²) in [6.45, 7) is 1.67. The average molecular weight is 280 g/mol. The third-order valence-electron chi connectivity index (χ3n) is 3.47. The van der Waals surface area contributed by atoms with Crippen LogP contribution in [-0.4, -0.2) is 25.5 Å². The summed E-state index contributed by atoms with van der Waals surface area (Å²) >= 11 is 0. The van der Waals surface area contributed by atoms with Crippen LogP contribution >= 0.6 is 0 Å². The lowest BCUT2D eigenvalue weighted by atomic mass is 9.88. The standard InChI is InChI=1S/C15H17FO4/c1-3-20-15(18)14(17)11-8-12(19-2)9-6-4-5-7-10(9)13(11)16/h8H,3-7H2,1-2H3. The van der Waals surface area contributed by atoms with Crippen molar-refractivity contribution in [3.8, 4) is 5.75 Å². The molecule has 108 valence electrons. The number of ether oxygens (including phenoxy) is 2. The zero-order valence-electron chi connectivity index (χ0n) is 11.6. The van der Waals surface area contributed by atoms with Crippen molar-refractivity contribution in [2.24, 2.45) is 0 Å². The first-order valence-corrected chi connectivity index (χ1v) is 6.69. The van der Waals surface area contributed by atoms with Crippen molar-refractivity contribution in [2.75, 3.05) is 13.7 Å². The summed E-state index contributed by atoms with van der Waals surface area (Å²) in [5.74, 6) is -2.15. The smallest absolute Gasteiger partial charge is 0.379 e. The number of methoxy groups -OCH3 is 1. The molecule has 4 nitrogen and oxygen atoms in total. The third-order valence-corrected chi connectivity index (χ3v) is 3.47. The summed E-state index contributed by atoms with van der Waals surface area (Å²) in [5.41, 5.74) is 1.03. The minimum atomic E-state index is -1.04. The van der Waals surface area contributed by atoms with Gasteiger partial charge in [-0.25, -0.2) is 9.18 Å². The molecule has 20 heavy (non-hydrogen) atoms. The van der Waals surface area contributed by atoms with Crippen molar-refractivity contribution >= 4 is 11.8 Å². The molecule has 5 heteroatoms. The van der Waals surface area contributed by atoms with E-state index >= 15 is 0 Å². The molecule has 0 saturated carbocycles. The number of fused-ring (bicyclic) bond motifs is 1. The first-order chi connectivity index (χ1) is 9.60. The van der Waals surface area contributed by atoms with Gasteiger partial charge in [0.25, 0.3) is 5.78 Å². The molecule has 0 amide bonds. The molecule has 0 saturated heterocycles. The van der Waals surface area contributed by atoms with Gasteiger partial charge in [-0.2, -0.15) is 0 Å². The van der Waals surface area contributed by atoms with E-state index in [0.717, 1.165) is 24.8 Å². The first kappa shape index (κ1) is 14.5. The Morgan fingerprint density at radius 1 is 1.25 bits per heavy atom. The van der Waals surface area contributed by atoms with E-state index in [0.29, 0.717) is 17.7 Å². The molecule has 0 unspecified atom stereocenters. The Hall–Kier alpha value is -1.91. The van der Waals surface area contributed by atoms with Crippen LogP contribution in [0.4, 0.5) is 4.39 Å². The average Bonchev–Trinajstić information content (AvgIpc) is 2.47. The quantitative estimate of drug-likeness (QED) is 0.483. The van der Waals surface area contributed by atoms with Crippen LogP contribution in [0.15, 0.2) is 6.07 Å². The molecular weight excluding hydrogens is 263 g/mol. The maximum absolute atomic E-state index is 14.4. The van der Waals surface area contributed by atoms with E-state index in [1.165, 1.54) is 13.2 Å². The lowest BCUT2D eigenvalue weighted by Crippen LogP contribution is -2.21. The van der Waals surface area contributed by atoms with Crippen LogP contribution < -0.4 is 4.74 Å². The zero-order valence-corrected chi connectivity index (χ0v) is 11.6. The number of hydrogen-bond donors (Lipinski definition) is 0. The molecule has 1 aliphatic carbocycles. The number of benzene rings is 1. The van der Waals surface area contributed by atoms with Gasteiger partial charge in [-0.15, -0.1) is 0 Å². The summed E-state index contributed by atoms with van der Waals surface area (Å²) in [5, 5.41) is 0. The molecule has 1 aliphatic rings. The fourth-order valence-electron chi connectivity index (χ4n) is 2.52. The maximum atomic E-state index is 14.4. The number of carbonyl (C=O) groups is 2. The fourth-order valence-corrected chi connectivity index (χ4v) is 2.52. The summed E-state index contributed by atoms with van der Waals surface area (Å²) < 4.78 is 24.3. The van der Waals surface area contributed by atoms with Crippen molar-refractivity contribution < 1.29 is 23.5 Å². The molecule has 0 bridgehead atoms. The number of esters is 1. The van der Waals surface area contributed by atoms with Crippen LogP contribution in [0.5, 0.6) is 5.75 Å².